The van der Waals surface area contributed by atoms with Gasteiger partial charge in [-0.05, 0) is 92.8 Å². The van der Waals surface area contributed by atoms with E-state index in [-0.39, 0.29) is 15.7 Å². The fourth-order valence-electron chi connectivity index (χ4n) is 4.40. The monoisotopic (exact) mass is 622 g/mol. The van der Waals surface area contributed by atoms with Gasteiger partial charge in [-0.1, -0.05) is 68.9 Å². The Hall–Kier alpha value is -3.63. The molecule has 1 N–H and O–H groups in total. The van der Waals surface area contributed by atoms with Gasteiger partial charge in [0.15, 0.2) is 0 Å². The summed E-state index contributed by atoms with van der Waals surface area (Å²) in [7, 11) is -4.02. The van der Waals surface area contributed by atoms with Crippen molar-refractivity contribution in [1.82, 2.24) is 14.3 Å². The molecule has 2 heterocycles. The number of aryl methyl sites for hydroxylation is 3. The number of fused-ring (bicyclic) bond motifs is 1. The topological polar surface area (TPSA) is 103 Å². The molecule has 0 aliphatic rings. The lowest BCUT2D eigenvalue weighted by Gasteiger charge is -2.15. The lowest BCUT2D eigenvalue weighted by atomic mass is 10.0. The maximum Gasteiger partial charge on any atom is 0.270 e. The highest BCUT2D eigenvalue weighted by molar-refractivity contribution is 8.20. The molecule has 0 fully saturated rings. The minimum absolute atomic E-state index is 0.0839. The second-order valence-corrected chi connectivity index (χ2v) is 13.4. The molecular weight excluding hydrogens is 581 g/mol. The van der Waals surface area contributed by atoms with Crippen molar-refractivity contribution in [1.29, 1.82) is 0 Å². The lowest BCUT2D eigenvalue weighted by molar-refractivity contribution is 0.217. The van der Waals surface area contributed by atoms with Gasteiger partial charge >= 0.3 is 0 Å². The van der Waals surface area contributed by atoms with Gasteiger partial charge in [-0.15, -0.1) is 0 Å². The molecule has 0 unspecified atom stereocenters. The van der Waals surface area contributed by atoms with Gasteiger partial charge in [0, 0.05) is 22.8 Å². The number of oxime groups is 1. The zero-order valence-electron chi connectivity index (χ0n) is 26.2. The molecule has 0 radical (unpaired) electrons. The summed E-state index contributed by atoms with van der Waals surface area (Å²) in [6, 6.07) is 11.2. The van der Waals surface area contributed by atoms with Crippen LogP contribution in [0.3, 0.4) is 0 Å². The molecule has 8 nitrogen and oxygen atoms in total. The fraction of sp³-hybridized carbons (Fsp3) is 0.364. The van der Waals surface area contributed by atoms with Crippen LogP contribution in [0.25, 0.3) is 17.0 Å². The molecule has 0 amide bonds. The average Bonchev–Trinajstić information content (AvgIpc) is 2.97. The van der Waals surface area contributed by atoms with E-state index in [0.717, 1.165) is 74.9 Å². The summed E-state index contributed by atoms with van der Waals surface area (Å²) in [5.74, 6) is -0.184. The molecule has 0 aliphatic heterocycles. The largest absolute Gasteiger partial charge is 0.339 e. The number of aromatic nitrogens is 2. The van der Waals surface area contributed by atoms with Crippen LogP contribution >= 0.6 is 11.8 Å². The molecule has 0 aliphatic carbocycles. The number of hydrogen-bond donors (Lipinski definition) is 1. The van der Waals surface area contributed by atoms with Crippen molar-refractivity contribution >= 4 is 44.5 Å². The van der Waals surface area contributed by atoms with Gasteiger partial charge in [-0.3, -0.25) is 9.78 Å². The van der Waals surface area contributed by atoms with Crippen LogP contribution in [-0.2, 0) is 34.2 Å². The van der Waals surface area contributed by atoms with E-state index in [0.29, 0.717) is 18.7 Å². The lowest BCUT2D eigenvalue weighted by Crippen LogP contribution is -2.24. The van der Waals surface area contributed by atoms with E-state index in [9.17, 15) is 13.2 Å². The van der Waals surface area contributed by atoms with Crippen molar-refractivity contribution in [2.45, 2.75) is 80.7 Å². The van der Waals surface area contributed by atoms with Crippen LogP contribution in [0.4, 0.5) is 0 Å². The molecule has 0 atom stereocenters. The minimum atomic E-state index is -4.02. The molecule has 0 bridgehead atoms. The SMILES string of the molecule is C=C(NS(=O)(=O)/C(=C\c1ccc(Cn2c(=O)ccc3c(CC)nc(CC)cc32)cc1C)S/C(C)=C\CC)O/N=C(/C)CC. The normalized spacial score (nSPS) is 13.0. The van der Waals surface area contributed by atoms with Crippen molar-refractivity contribution < 1.29 is 13.3 Å². The summed E-state index contributed by atoms with van der Waals surface area (Å²) < 4.78 is 31.1. The number of sulfonamides is 1. The number of nitrogens with zero attached hydrogens (tertiary/aromatic N) is 3. The van der Waals surface area contributed by atoms with Crippen LogP contribution < -0.4 is 10.3 Å². The maximum absolute atomic E-state index is 13.4. The van der Waals surface area contributed by atoms with Crippen LogP contribution in [0.1, 0.15) is 82.5 Å². The van der Waals surface area contributed by atoms with Crippen molar-refractivity contribution in [2.24, 2.45) is 5.16 Å². The first-order valence-corrected chi connectivity index (χ1v) is 16.8. The first-order valence-electron chi connectivity index (χ1n) is 14.5. The number of rotatable bonds is 14. The Balaban J connectivity index is 2.00. The van der Waals surface area contributed by atoms with Gasteiger partial charge in [0.25, 0.3) is 15.6 Å². The molecule has 43 heavy (non-hydrogen) atoms. The Morgan fingerprint density at radius 1 is 1.12 bits per heavy atom. The molecule has 0 saturated carbocycles. The van der Waals surface area contributed by atoms with E-state index in [1.807, 2.05) is 64.1 Å². The van der Waals surface area contributed by atoms with Crippen molar-refractivity contribution in [3.8, 4) is 0 Å². The van der Waals surface area contributed by atoms with E-state index in [1.54, 1.807) is 23.6 Å². The summed E-state index contributed by atoms with van der Waals surface area (Å²) in [5, 5.41) is 4.87. The van der Waals surface area contributed by atoms with E-state index >= 15 is 0 Å². The third kappa shape index (κ3) is 8.93. The predicted molar refractivity (Wildman–Crippen MR) is 180 cm³/mol. The van der Waals surface area contributed by atoms with Crippen LogP contribution in [-0.4, -0.2) is 23.7 Å². The van der Waals surface area contributed by atoms with Gasteiger partial charge < -0.3 is 9.40 Å². The summed E-state index contributed by atoms with van der Waals surface area (Å²) in [4.78, 5) is 23.8. The second kappa shape index (κ2) is 15.2. The Labute approximate surface area is 259 Å². The van der Waals surface area contributed by atoms with Gasteiger partial charge in [0.05, 0.1) is 17.8 Å². The molecule has 10 heteroatoms. The summed E-state index contributed by atoms with van der Waals surface area (Å²) >= 11 is 1.16. The number of hydrogen-bond acceptors (Lipinski definition) is 7. The van der Waals surface area contributed by atoms with Crippen LogP contribution in [0.2, 0.25) is 0 Å². The minimum Gasteiger partial charge on any atom is -0.339 e. The molecule has 0 saturated heterocycles. The van der Waals surface area contributed by atoms with Crippen LogP contribution in [0.5, 0.6) is 0 Å². The highest BCUT2D eigenvalue weighted by Crippen LogP contribution is 2.32. The molecule has 3 aromatic rings. The zero-order valence-corrected chi connectivity index (χ0v) is 27.8. The molecule has 1 aromatic carbocycles. The molecule has 3 rings (SSSR count). The first-order chi connectivity index (χ1) is 20.4. The first kappa shape index (κ1) is 33.9. The zero-order chi connectivity index (χ0) is 31.7. The number of benzene rings is 1. The van der Waals surface area contributed by atoms with Crippen LogP contribution in [0.15, 0.2) is 74.0 Å². The van der Waals surface area contributed by atoms with E-state index < -0.39 is 10.0 Å². The Morgan fingerprint density at radius 2 is 1.86 bits per heavy atom. The Bertz CT molecular complexity index is 1750. The predicted octanol–water partition coefficient (Wildman–Crippen LogP) is 7.42. The highest BCUT2D eigenvalue weighted by atomic mass is 32.3. The average molecular weight is 623 g/mol. The summed E-state index contributed by atoms with van der Waals surface area (Å²) in [6.45, 7) is 17.7. The second-order valence-electron chi connectivity index (χ2n) is 10.2. The van der Waals surface area contributed by atoms with E-state index in [2.05, 4.69) is 30.3 Å². The van der Waals surface area contributed by atoms with Crippen LogP contribution in [0, 0.1) is 6.92 Å². The Kier molecular flexibility index (Phi) is 12.0. The number of allylic oxidation sites excluding steroid dienone is 2. The molecule has 2 aromatic heterocycles. The third-order valence-corrected chi connectivity index (χ3v) is 9.71. The number of nitrogens with one attached hydrogen (secondary N) is 1. The number of pyridine rings is 2. The van der Waals surface area contributed by atoms with Gasteiger partial charge in [-0.2, -0.15) is 0 Å². The summed E-state index contributed by atoms with van der Waals surface area (Å²) in [6.07, 6.45) is 6.61. The van der Waals surface area contributed by atoms with Crippen molar-refractivity contribution in [3.63, 3.8) is 0 Å². The highest BCUT2D eigenvalue weighted by Gasteiger charge is 2.21. The fourth-order valence-corrected chi connectivity index (χ4v) is 6.84. The van der Waals surface area contributed by atoms with Crippen molar-refractivity contribution in [2.75, 3.05) is 0 Å². The van der Waals surface area contributed by atoms with Gasteiger partial charge in [0.1, 0.15) is 4.24 Å². The van der Waals surface area contributed by atoms with E-state index in [4.69, 9.17) is 9.82 Å². The third-order valence-electron chi connectivity index (χ3n) is 6.85. The van der Waals surface area contributed by atoms with Crippen molar-refractivity contribution in [3.05, 3.63) is 103 Å². The molecule has 230 valence electrons. The standard InChI is InChI=1S/C33H42N4O4S2/c1-9-13-24(7)42-33(43(39,40)36-25(8)41-35-23(6)10-2)19-27-15-14-26(18-22(27)5)21-37-31-20-28(11-3)34-30(12-4)29(31)16-17-32(37)38/h13-20,36H,8-12,21H2,1-7H3/b24-13-,33-19-,35-23-. The molecular formula is C33H42N4O4S2. The Morgan fingerprint density at radius 3 is 2.49 bits per heavy atom. The van der Waals surface area contributed by atoms with E-state index in [1.165, 1.54) is 0 Å². The molecule has 0 spiro atoms. The van der Waals surface area contributed by atoms with Gasteiger partial charge in [-0.25, -0.2) is 13.1 Å². The smallest absolute Gasteiger partial charge is 0.270 e. The maximum atomic E-state index is 13.4. The van der Waals surface area contributed by atoms with Gasteiger partial charge in [0.2, 0.25) is 5.88 Å². The summed E-state index contributed by atoms with van der Waals surface area (Å²) in [5.41, 5.74) is 5.97. The number of thioether (sulfide) groups is 1. The quantitative estimate of drug-likeness (QED) is 0.114.